The third kappa shape index (κ3) is 1.27. The zero-order chi connectivity index (χ0) is 15.1. The first kappa shape index (κ1) is 12.9. The fourth-order valence-electron chi connectivity index (χ4n) is 5.67. The van der Waals surface area contributed by atoms with Crippen molar-refractivity contribution in [2.24, 2.45) is 5.92 Å². The molecule has 2 heterocycles. The molecule has 3 unspecified atom stereocenters. The standard InChI is InChI=1S/C18H21NO3/c1-19-8-7-18-11-4-5-13(20)17(18)22-16-14(21-2)6-3-10(15(16)18)9-12(11)19/h3,6,11-12,17H,4-5,7-9H2,1-2H3/t11-,12?,17?,18?/m1/s1. The van der Waals surface area contributed by atoms with Gasteiger partial charge in [0.05, 0.1) is 7.11 Å². The Morgan fingerprint density at radius 3 is 3.09 bits per heavy atom. The van der Waals surface area contributed by atoms with Gasteiger partial charge in [0.25, 0.3) is 0 Å². The molecule has 2 bridgehead atoms. The molecule has 0 radical (unpaired) electrons. The molecule has 2 aliphatic heterocycles. The van der Waals surface area contributed by atoms with Crippen LogP contribution < -0.4 is 9.47 Å². The number of carbonyl (C=O) groups excluding carboxylic acids is 1. The molecule has 4 aliphatic rings. The summed E-state index contributed by atoms with van der Waals surface area (Å²) in [5.41, 5.74) is 2.57. The van der Waals surface area contributed by atoms with E-state index in [-0.39, 0.29) is 17.3 Å². The fraction of sp³-hybridized carbons (Fsp3) is 0.611. The number of likely N-dealkylation sites (N-methyl/N-ethyl adjacent to an activating group) is 1. The van der Waals surface area contributed by atoms with Crippen LogP contribution in [-0.4, -0.2) is 43.5 Å². The highest BCUT2D eigenvalue weighted by atomic mass is 16.5. The molecule has 116 valence electrons. The average Bonchev–Trinajstić information content (AvgIpc) is 2.88. The fourth-order valence-corrected chi connectivity index (χ4v) is 5.67. The molecule has 22 heavy (non-hydrogen) atoms. The van der Waals surface area contributed by atoms with Crippen LogP contribution in [0.5, 0.6) is 11.5 Å². The minimum atomic E-state index is -0.284. The largest absolute Gasteiger partial charge is 0.493 e. The average molecular weight is 299 g/mol. The molecule has 2 fully saturated rings. The molecule has 1 aromatic carbocycles. The van der Waals surface area contributed by atoms with Crippen molar-refractivity contribution in [2.75, 3.05) is 20.7 Å². The van der Waals surface area contributed by atoms with Crippen LogP contribution in [0.4, 0.5) is 0 Å². The first-order valence-electron chi connectivity index (χ1n) is 8.27. The number of hydrogen-bond acceptors (Lipinski definition) is 4. The smallest absolute Gasteiger partial charge is 0.174 e. The lowest BCUT2D eigenvalue weighted by Gasteiger charge is -2.57. The predicted molar refractivity (Wildman–Crippen MR) is 81.6 cm³/mol. The molecular formula is C18H21NO3. The third-order valence-electron chi connectivity index (χ3n) is 6.59. The maximum absolute atomic E-state index is 12.6. The molecular weight excluding hydrogens is 278 g/mol. The minimum Gasteiger partial charge on any atom is -0.493 e. The number of ether oxygens (including phenoxy) is 2. The van der Waals surface area contributed by atoms with Crippen LogP contribution in [0.3, 0.4) is 0 Å². The molecule has 1 saturated heterocycles. The Bertz CT molecular complexity index is 685. The molecule has 1 saturated carbocycles. The van der Waals surface area contributed by atoms with E-state index in [0.717, 1.165) is 37.3 Å². The number of likely N-dealkylation sites (tertiary alicyclic amines) is 1. The van der Waals surface area contributed by atoms with Crippen LogP contribution in [0.2, 0.25) is 0 Å². The summed E-state index contributed by atoms with van der Waals surface area (Å²) in [5, 5.41) is 0. The van der Waals surface area contributed by atoms with Gasteiger partial charge in [0.1, 0.15) is 0 Å². The quantitative estimate of drug-likeness (QED) is 0.794. The Hall–Kier alpha value is -1.55. The van der Waals surface area contributed by atoms with E-state index in [1.165, 1.54) is 11.1 Å². The summed E-state index contributed by atoms with van der Waals surface area (Å²) >= 11 is 0. The lowest BCUT2D eigenvalue weighted by atomic mass is 9.52. The third-order valence-corrected chi connectivity index (χ3v) is 6.59. The van der Waals surface area contributed by atoms with E-state index in [4.69, 9.17) is 9.47 Å². The molecule has 4 nitrogen and oxygen atoms in total. The molecule has 0 N–H and O–H groups in total. The van der Waals surface area contributed by atoms with E-state index in [0.29, 0.717) is 18.4 Å². The van der Waals surface area contributed by atoms with Crippen LogP contribution in [0.15, 0.2) is 12.1 Å². The minimum absolute atomic E-state index is 0.0933. The Morgan fingerprint density at radius 1 is 1.41 bits per heavy atom. The molecule has 2 aliphatic carbocycles. The molecule has 5 rings (SSSR count). The second-order valence-corrected chi connectivity index (χ2v) is 7.28. The van der Waals surface area contributed by atoms with E-state index in [1.807, 2.05) is 6.07 Å². The van der Waals surface area contributed by atoms with Gasteiger partial charge in [0.15, 0.2) is 23.4 Å². The van der Waals surface area contributed by atoms with Crippen LogP contribution in [0.25, 0.3) is 0 Å². The van der Waals surface area contributed by atoms with Crippen molar-refractivity contribution in [3.05, 3.63) is 23.3 Å². The van der Waals surface area contributed by atoms with Crippen molar-refractivity contribution in [3.8, 4) is 11.5 Å². The van der Waals surface area contributed by atoms with Gasteiger partial charge in [-0.3, -0.25) is 4.79 Å². The van der Waals surface area contributed by atoms with Crippen molar-refractivity contribution in [1.29, 1.82) is 0 Å². The van der Waals surface area contributed by atoms with E-state index in [1.54, 1.807) is 7.11 Å². The molecule has 1 spiro atoms. The molecule has 1 aromatic rings. The normalized spacial score (nSPS) is 38.5. The summed E-state index contributed by atoms with van der Waals surface area (Å²) in [6.45, 7) is 1.05. The predicted octanol–water partition coefficient (Wildman–Crippen LogP) is 1.93. The highest BCUT2D eigenvalue weighted by Crippen LogP contribution is 2.62. The molecule has 4 heteroatoms. The van der Waals surface area contributed by atoms with Crippen LogP contribution in [-0.2, 0) is 16.6 Å². The van der Waals surface area contributed by atoms with E-state index in [2.05, 4.69) is 18.0 Å². The number of Topliss-reactive ketones (excluding diaryl/α,β-unsaturated/α-hetero) is 1. The number of rotatable bonds is 1. The zero-order valence-electron chi connectivity index (χ0n) is 13.1. The van der Waals surface area contributed by atoms with Gasteiger partial charge >= 0.3 is 0 Å². The number of hydrogen-bond donors (Lipinski definition) is 0. The van der Waals surface area contributed by atoms with Crippen LogP contribution in [0, 0.1) is 5.92 Å². The van der Waals surface area contributed by atoms with Crippen LogP contribution >= 0.6 is 0 Å². The van der Waals surface area contributed by atoms with Crippen molar-refractivity contribution >= 4 is 5.78 Å². The zero-order valence-corrected chi connectivity index (χ0v) is 13.1. The van der Waals surface area contributed by atoms with Gasteiger partial charge < -0.3 is 14.4 Å². The summed E-state index contributed by atoms with van der Waals surface area (Å²) in [7, 11) is 3.91. The maximum Gasteiger partial charge on any atom is 0.174 e. The molecule has 4 atom stereocenters. The Morgan fingerprint density at radius 2 is 2.27 bits per heavy atom. The van der Waals surface area contributed by atoms with E-state index in [9.17, 15) is 4.79 Å². The highest BCUT2D eigenvalue weighted by molar-refractivity contribution is 5.89. The summed E-state index contributed by atoms with van der Waals surface area (Å²) in [6.07, 6.45) is 3.47. The summed E-state index contributed by atoms with van der Waals surface area (Å²) in [5.74, 6) is 2.46. The number of methoxy groups -OCH3 is 1. The van der Waals surface area contributed by atoms with Gasteiger partial charge in [-0.15, -0.1) is 0 Å². The monoisotopic (exact) mass is 299 g/mol. The van der Waals surface area contributed by atoms with Crippen molar-refractivity contribution in [1.82, 2.24) is 4.90 Å². The molecule has 0 aromatic heterocycles. The summed E-state index contributed by atoms with van der Waals surface area (Å²) in [6, 6.07) is 4.73. The second kappa shape index (κ2) is 4.05. The number of benzene rings is 1. The Labute approximate surface area is 130 Å². The number of nitrogens with zero attached hydrogens (tertiary/aromatic N) is 1. The topological polar surface area (TPSA) is 38.8 Å². The van der Waals surface area contributed by atoms with Gasteiger partial charge in [-0.05, 0) is 50.4 Å². The van der Waals surface area contributed by atoms with Crippen molar-refractivity contribution in [3.63, 3.8) is 0 Å². The van der Waals surface area contributed by atoms with Crippen molar-refractivity contribution < 1.29 is 14.3 Å². The van der Waals surface area contributed by atoms with Gasteiger partial charge in [-0.2, -0.15) is 0 Å². The first-order valence-corrected chi connectivity index (χ1v) is 8.27. The van der Waals surface area contributed by atoms with Gasteiger partial charge in [-0.1, -0.05) is 6.07 Å². The van der Waals surface area contributed by atoms with Crippen molar-refractivity contribution in [2.45, 2.75) is 43.2 Å². The maximum atomic E-state index is 12.6. The van der Waals surface area contributed by atoms with Crippen LogP contribution in [0.1, 0.15) is 30.4 Å². The van der Waals surface area contributed by atoms with Gasteiger partial charge in [-0.25, -0.2) is 0 Å². The Balaban J connectivity index is 1.81. The first-order chi connectivity index (χ1) is 10.7. The van der Waals surface area contributed by atoms with Gasteiger partial charge in [0, 0.05) is 23.4 Å². The highest BCUT2D eigenvalue weighted by Gasteiger charge is 2.65. The number of ketones is 1. The summed E-state index contributed by atoms with van der Waals surface area (Å²) in [4.78, 5) is 15.1. The second-order valence-electron chi connectivity index (χ2n) is 7.28. The number of carbonyl (C=O) groups is 1. The van der Waals surface area contributed by atoms with E-state index < -0.39 is 0 Å². The summed E-state index contributed by atoms with van der Waals surface area (Å²) < 4.78 is 11.8. The SMILES string of the molecule is COc1ccc2c3c1OC1C(=O)CC[C@@H]4C(C2)N(C)CCC314. The number of piperidine rings is 1. The lowest BCUT2D eigenvalue weighted by Crippen LogP contribution is -2.65. The van der Waals surface area contributed by atoms with E-state index >= 15 is 0 Å². The molecule has 0 amide bonds. The van der Waals surface area contributed by atoms with Gasteiger partial charge in [0.2, 0.25) is 0 Å². The lowest BCUT2D eigenvalue weighted by molar-refractivity contribution is -0.138. The Kier molecular flexibility index (Phi) is 2.38.